The van der Waals surface area contributed by atoms with Gasteiger partial charge in [0.15, 0.2) is 5.11 Å². The maximum Gasteiger partial charge on any atom is 0.169 e. The Morgan fingerprint density at radius 1 is 1.10 bits per heavy atom. The molecule has 0 unspecified atom stereocenters. The third-order valence-corrected chi connectivity index (χ3v) is 5.96. The van der Waals surface area contributed by atoms with Crippen LogP contribution in [-0.2, 0) is 11.3 Å². The predicted molar refractivity (Wildman–Crippen MR) is 127 cm³/mol. The number of rotatable bonds is 13. The highest BCUT2D eigenvalue weighted by Gasteiger charge is 2.13. The van der Waals surface area contributed by atoms with Crippen LogP contribution in [0.5, 0.6) is 0 Å². The summed E-state index contributed by atoms with van der Waals surface area (Å²) in [7, 11) is 0. The largest absolute Gasteiger partial charge is 0.379 e. The number of unbranched alkanes of at least 4 members (excludes halogenated alkanes) is 5. The van der Waals surface area contributed by atoms with Crippen molar-refractivity contribution in [1.82, 2.24) is 15.1 Å². The third-order valence-electron chi connectivity index (χ3n) is 5.56. The van der Waals surface area contributed by atoms with E-state index in [9.17, 15) is 0 Å². The van der Waals surface area contributed by atoms with Crippen LogP contribution in [0.1, 0.15) is 63.0 Å². The fourth-order valence-electron chi connectivity index (χ4n) is 3.81. The molecule has 0 bridgehead atoms. The lowest BCUT2D eigenvalue weighted by Crippen LogP contribution is -2.42. The highest BCUT2D eigenvalue weighted by Crippen LogP contribution is 2.10. The van der Waals surface area contributed by atoms with E-state index in [0.717, 1.165) is 64.0 Å². The maximum absolute atomic E-state index is 5.78. The number of morpholine rings is 1. The first-order valence-electron chi connectivity index (χ1n) is 11.6. The molecule has 0 spiro atoms. The van der Waals surface area contributed by atoms with Crippen LogP contribution in [0.4, 0.5) is 0 Å². The molecule has 0 amide bonds. The molecular formula is C24H41N3OS. The summed E-state index contributed by atoms with van der Waals surface area (Å²) < 4.78 is 5.46. The zero-order chi connectivity index (χ0) is 20.7. The normalized spacial score (nSPS) is 14.7. The van der Waals surface area contributed by atoms with Gasteiger partial charge in [0.25, 0.3) is 0 Å². The minimum atomic E-state index is 0.866. The zero-order valence-electron chi connectivity index (χ0n) is 18.6. The Bertz CT molecular complexity index is 575. The molecule has 1 fully saturated rings. The van der Waals surface area contributed by atoms with Gasteiger partial charge in [-0.3, -0.25) is 4.90 Å². The van der Waals surface area contributed by atoms with Crippen molar-refractivity contribution in [2.24, 2.45) is 0 Å². The van der Waals surface area contributed by atoms with E-state index in [1.807, 2.05) is 0 Å². The standard InChI is InChI=1S/C24H41N3OS/c1-3-4-5-6-7-8-13-25-24(29)27(21-23-12-9-11-22(2)20-23)15-10-14-26-16-18-28-19-17-26/h9,11-12,20H,3-8,10,13-19,21H2,1-2H3,(H,25,29). The summed E-state index contributed by atoms with van der Waals surface area (Å²) in [6.07, 6.45) is 9.00. The SMILES string of the molecule is CCCCCCCCNC(=S)N(CCCN1CCOCC1)Cc1cccc(C)c1. The Morgan fingerprint density at radius 2 is 1.86 bits per heavy atom. The van der Waals surface area contributed by atoms with Gasteiger partial charge in [0.05, 0.1) is 13.2 Å². The van der Waals surface area contributed by atoms with Crippen LogP contribution in [0.25, 0.3) is 0 Å². The van der Waals surface area contributed by atoms with Crippen molar-refractivity contribution in [1.29, 1.82) is 0 Å². The van der Waals surface area contributed by atoms with Crippen LogP contribution < -0.4 is 5.32 Å². The molecular weight excluding hydrogens is 378 g/mol. The summed E-state index contributed by atoms with van der Waals surface area (Å²) in [4.78, 5) is 4.85. The van der Waals surface area contributed by atoms with Gasteiger partial charge in [0.2, 0.25) is 0 Å². The van der Waals surface area contributed by atoms with Crippen molar-refractivity contribution in [3.8, 4) is 0 Å². The van der Waals surface area contributed by atoms with Gasteiger partial charge in [-0.15, -0.1) is 0 Å². The maximum atomic E-state index is 5.78. The first-order chi connectivity index (χ1) is 14.2. The van der Waals surface area contributed by atoms with Gasteiger partial charge in [-0.1, -0.05) is 68.9 Å². The number of nitrogens with one attached hydrogen (secondary N) is 1. The molecule has 1 aliphatic heterocycles. The molecule has 0 saturated carbocycles. The van der Waals surface area contributed by atoms with E-state index < -0.39 is 0 Å². The third kappa shape index (κ3) is 10.4. The Kier molecular flexibility index (Phi) is 12.3. The topological polar surface area (TPSA) is 27.7 Å². The van der Waals surface area contributed by atoms with E-state index in [0.29, 0.717) is 0 Å². The number of thiocarbonyl (C=S) groups is 1. The van der Waals surface area contributed by atoms with E-state index in [2.05, 4.69) is 53.2 Å². The molecule has 4 nitrogen and oxygen atoms in total. The fourth-order valence-corrected chi connectivity index (χ4v) is 4.06. The summed E-state index contributed by atoms with van der Waals surface area (Å²) in [5.41, 5.74) is 2.64. The molecule has 0 atom stereocenters. The molecule has 1 aromatic rings. The van der Waals surface area contributed by atoms with Gasteiger partial charge in [-0.05, 0) is 37.5 Å². The zero-order valence-corrected chi connectivity index (χ0v) is 19.4. The second-order valence-corrected chi connectivity index (χ2v) is 8.60. The first-order valence-corrected chi connectivity index (χ1v) is 12.0. The smallest absolute Gasteiger partial charge is 0.169 e. The molecule has 2 rings (SSSR count). The average Bonchev–Trinajstić information content (AvgIpc) is 2.73. The van der Waals surface area contributed by atoms with Crippen molar-refractivity contribution >= 4 is 17.3 Å². The summed E-state index contributed by atoms with van der Waals surface area (Å²) in [6.45, 7) is 12.2. The molecule has 1 saturated heterocycles. The summed E-state index contributed by atoms with van der Waals surface area (Å²) in [5, 5.41) is 4.43. The molecule has 1 heterocycles. The Labute approximate surface area is 184 Å². The summed E-state index contributed by atoms with van der Waals surface area (Å²) in [6, 6.07) is 8.77. The van der Waals surface area contributed by atoms with Gasteiger partial charge >= 0.3 is 0 Å². The minimum absolute atomic E-state index is 0.866. The van der Waals surface area contributed by atoms with Gasteiger partial charge < -0.3 is 15.0 Å². The van der Waals surface area contributed by atoms with Crippen molar-refractivity contribution in [2.75, 3.05) is 45.9 Å². The number of nitrogens with zero attached hydrogens (tertiary/aromatic N) is 2. The van der Waals surface area contributed by atoms with Gasteiger partial charge in [0.1, 0.15) is 0 Å². The number of hydrogen-bond acceptors (Lipinski definition) is 3. The number of hydrogen-bond donors (Lipinski definition) is 1. The van der Waals surface area contributed by atoms with Crippen molar-refractivity contribution in [3.63, 3.8) is 0 Å². The molecule has 5 heteroatoms. The molecule has 1 N–H and O–H groups in total. The molecule has 29 heavy (non-hydrogen) atoms. The Morgan fingerprint density at radius 3 is 2.62 bits per heavy atom. The number of benzene rings is 1. The van der Waals surface area contributed by atoms with E-state index in [1.54, 1.807) is 0 Å². The molecule has 1 aliphatic rings. The van der Waals surface area contributed by atoms with Gasteiger partial charge in [-0.25, -0.2) is 0 Å². The molecule has 0 radical (unpaired) electrons. The highest BCUT2D eigenvalue weighted by molar-refractivity contribution is 7.80. The van der Waals surface area contributed by atoms with Gasteiger partial charge in [-0.2, -0.15) is 0 Å². The van der Waals surface area contributed by atoms with Crippen LogP contribution in [0.3, 0.4) is 0 Å². The average molecular weight is 420 g/mol. The molecule has 0 aromatic heterocycles. The van der Waals surface area contributed by atoms with Crippen LogP contribution in [-0.4, -0.2) is 60.8 Å². The predicted octanol–water partition coefficient (Wildman–Crippen LogP) is 4.75. The van der Waals surface area contributed by atoms with Crippen LogP contribution in [0.15, 0.2) is 24.3 Å². The van der Waals surface area contributed by atoms with Crippen molar-refractivity contribution in [3.05, 3.63) is 35.4 Å². The van der Waals surface area contributed by atoms with Crippen LogP contribution in [0, 0.1) is 6.92 Å². The van der Waals surface area contributed by atoms with E-state index in [-0.39, 0.29) is 0 Å². The Hall–Kier alpha value is -1.17. The monoisotopic (exact) mass is 419 g/mol. The van der Waals surface area contributed by atoms with Crippen molar-refractivity contribution < 1.29 is 4.74 Å². The lowest BCUT2D eigenvalue weighted by atomic mass is 10.1. The van der Waals surface area contributed by atoms with E-state index in [1.165, 1.54) is 49.7 Å². The van der Waals surface area contributed by atoms with Crippen molar-refractivity contribution in [2.45, 2.75) is 65.3 Å². The van der Waals surface area contributed by atoms with Gasteiger partial charge in [0, 0.05) is 39.3 Å². The number of ether oxygens (including phenoxy) is 1. The first kappa shape index (κ1) is 24.1. The molecule has 1 aromatic carbocycles. The lowest BCUT2D eigenvalue weighted by molar-refractivity contribution is 0.0367. The highest BCUT2D eigenvalue weighted by atomic mass is 32.1. The fraction of sp³-hybridized carbons (Fsp3) is 0.708. The summed E-state index contributed by atoms with van der Waals surface area (Å²) >= 11 is 5.78. The minimum Gasteiger partial charge on any atom is -0.379 e. The van der Waals surface area contributed by atoms with Crippen LogP contribution in [0.2, 0.25) is 0 Å². The van der Waals surface area contributed by atoms with E-state index >= 15 is 0 Å². The van der Waals surface area contributed by atoms with Crippen LogP contribution >= 0.6 is 12.2 Å². The quantitative estimate of drug-likeness (QED) is 0.368. The second-order valence-electron chi connectivity index (χ2n) is 8.22. The second kappa shape index (κ2) is 14.8. The lowest BCUT2D eigenvalue weighted by Gasteiger charge is -2.29. The Balaban J connectivity index is 1.77. The summed E-state index contributed by atoms with van der Waals surface area (Å²) in [5.74, 6) is 0. The van der Waals surface area contributed by atoms with E-state index in [4.69, 9.17) is 17.0 Å². The molecule has 0 aliphatic carbocycles. The number of aryl methyl sites for hydroxylation is 1. The molecule has 164 valence electrons.